The van der Waals surface area contributed by atoms with E-state index in [9.17, 15) is 0 Å². The lowest BCUT2D eigenvalue weighted by Gasteiger charge is -2.16. The average Bonchev–Trinajstić information content (AvgIpc) is 2.71. The van der Waals surface area contributed by atoms with Crippen LogP contribution in [0.4, 0.5) is 0 Å². The van der Waals surface area contributed by atoms with Gasteiger partial charge in [0.15, 0.2) is 17.5 Å². The molecule has 1 unspecified atom stereocenters. The summed E-state index contributed by atoms with van der Waals surface area (Å²) in [6.45, 7) is 4.86. The van der Waals surface area contributed by atoms with Crippen LogP contribution in [0.1, 0.15) is 25.8 Å². The molecule has 1 aromatic heterocycles. The lowest BCUT2D eigenvalue weighted by atomic mass is 10.2. The molecule has 7 heteroatoms. The summed E-state index contributed by atoms with van der Waals surface area (Å²) in [6, 6.07) is 9.59. The van der Waals surface area contributed by atoms with Gasteiger partial charge in [-0.3, -0.25) is 4.99 Å². The minimum absolute atomic E-state index is 0.362. The zero-order valence-corrected chi connectivity index (χ0v) is 16.6. The molecule has 0 radical (unpaired) electrons. The van der Waals surface area contributed by atoms with Crippen molar-refractivity contribution in [1.82, 2.24) is 15.6 Å². The van der Waals surface area contributed by atoms with E-state index >= 15 is 0 Å². The van der Waals surface area contributed by atoms with E-state index in [2.05, 4.69) is 34.5 Å². The molecule has 0 saturated heterocycles. The summed E-state index contributed by atoms with van der Waals surface area (Å²) in [7, 11) is 4.93. The third kappa shape index (κ3) is 5.77. The number of para-hydroxylation sites is 1. The third-order valence-electron chi connectivity index (χ3n) is 4.07. The highest BCUT2D eigenvalue weighted by Crippen LogP contribution is 2.39. The highest BCUT2D eigenvalue weighted by Gasteiger charge is 2.13. The monoisotopic (exact) mass is 372 g/mol. The maximum Gasteiger partial charge on any atom is 0.219 e. The zero-order valence-electron chi connectivity index (χ0n) is 16.6. The minimum Gasteiger partial charge on any atom is -0.493 e. The van der Waals surface area contributed by atoms with Crippen LogP contribution in [0.15, 0.2) is 41.5 Å². The third-order valence-corrected chi connectivity index (χ3v) is 4.07. The van der Waals surface area contributed by atoms with E-state index in [4.69, 9.17) is 14.2 Å². The normalized spacial score (nSPS) is 12.3. The molecule has 0 aliphatic rings. The van der Waals surface area contributed by atoms with E-state index in [1.165, 1.54) is 0 Å². The van der Waals surface area contributed by atoms with Crippen LogP contribution in [0.3, 0.4) is 0 Å². The standard InChI is InChI=1S/C20H28N4O3/c1-6-14(2)24-20(21-3)23-13-15-10-11-18(22-12-15)27-19-16(25-4)8-7-9-17(19)26-5/h7-12,14H,6,13H2,1-5H3,(H2,21,23,24). The predicted molar refractivity (Wildman–Crippen MR) is 107 cm³/mol. The molecular weight excluding hydrogens is 344 g/mol. The van der Waals surface area contributed by atoms with Gasteiger partial charge in [-0.1, -0.05) is 19.1 Å². The Hall–Kier alpha value is -2.96. The van der Waals surface area contributed by atoms with Crippen LogP contribution < -0.4 is 24.8 Å². The topological polar surface area (TPSA) is 77.0 Å². The van der Waals surface area contributed by atoms with E-state index < -0.39 is 0 Å². The van der Waals surface area contributed by atoms with Crippen LogP contribution in [-0.4, -0.2) is 38.3 Å². The number of benzene rings is 1. The average molecular weight is 372 g/mol. The molecule has 1 atom stereocenters. The smallest absolute Gasteiger partial charge is 0.219 e. The summed E-state index contributed by atoms with van der Waals surface area (Å²) in [4.78, 5) is 8.60. The highest BCUT2D eigenvalue weighted by atomic mass is 16.5. The molecule has 0 fully saturated rings. The zero-order chi connectivity index (χ0) is 19.6. The van der Waals surface area contributed by atoms with Gasteiger partial charge in [0.05, 0.1) is 14.2 Å². The molecule has 2 N–H and O–H groups in total. The number of nitrogens with zero attached hydrogens (tertiary/aromatic N) is 2. The molecule has 27 heavy (non-hydrogen) atoms. The summed E-state index contributed by atoms with van der Waals surface area (Å²) in [5, 5.41) is 6.60. The Morgan fingerprint density at radius 1 is 1.15 bits per heavy atom. The predicted octanol–water partition coefficient (Wildman–Crippen LogP) is 3.35. The van der Waals surface area contributed by atoms with Crippen LogP contribution in [0, 0.1) is 0 Å². The number of nitrogens with one attached hydrogen (secondary N) is 2. The first-order valence-corrected chi connectivity index (χ1v) is 8.92. The summed E-state index contributed by atoms with van der Waals surface area (Å²) < 4.78 is 16.6. The minimum atomic E-state index is 0.362. The Balaban J connectivity index is 2.02. The Morgan fingerprint density at radius 3 is 2.37 bits per heavy atom. The highest BCUT2D eigenvalue weighted by molar-refractivity contribution is 5.79. The fourth-order valence-corrected chi connectivity index (χ4v) is 2.31. The Kier molecular flexibility index (Phi) is 7.73. The van der Waals surface area contributed by atoms with Crippen molar-refractivity contribution in [2.75, 3.05) is 21.3 Å². The van der Waals surface area contributed by atoms with E-state index in [-0.39, 0.29) is 0 Å². The van der Waals surface area contributed by atoms with Crippen LogP contribution >= 0.6 is 0 Å². The number of guanidine groups is 1. The first-order valence-electron chi connectivity index (χ1n) is 8.92. The second kappa shape index (κ2) is 10.3. The first kappa shape index (κ1) is 20.4. The molecule has 1 heterocycles. The molecular formula is C20H28N4O3. The maximum absolute atomic E-state index is 5.87. The second-order valence-corrected chi connectivity index (χ2v) is 5.98. The van der Waals surface area contributed by atoms with Gasteiger partial charge in [0.1, 0.15) is 0 Å². The van der Waals surface area contributed by atoms with Gasteiger partial charge in [-0.2, -0.15) is 0 Å². The Bertz CT molecular complexity index is 725. The van der Waals surface area contributed by atoms with Gasteiger partial charge in [0.25, 0.3) is 0 Å². The van der Waals surface area contributed by atoms with Crippen molar-refractivity contribution in [1.29, 1.82) is 0 Å². The van der Waals surface area contributed by atoms with Crippen LogP contribution in [0.2, 0.25) is 0 Å². The summed E-state index contributed by atoms with van der Waals surface area (Å²) in [5.41, 5.74) is 1.02. The fraction of sp³-hybridized carbons (Fsp3) is 0.400. The van der Waals surface area contributed by atoms with Gasteiger partial charge in [-0.15, -0.1) is 0 Å². The SMILES string of the molecule is CCC(C)NC(=NC)NCc1ccc(Oc2c(OC)cccc2OC)nc1. The van der Waals surface area contributed by atoms with Gasteiger partial charge in [0.2, 0.25) is 11.6 Å². The van der Waals surface area contributed by atoms with Crippen molar-refractivity contribution in [2.24, 2.45) is 4.99 Å². The van der Waals surface area contributed by atoms with Gasteiger partial charge >= 0.3 is 0 Å². The molecule has 0 saturated carbocycles. The number of hydrogen-bond donors (Lipinski definition) is 2. The number of aromatic nitrogens is 1. The Labute approximate surface area is 160 Å². The summed E-state index contributed by atoms with van der Waals surface area (Å²) in [6.07, 6.45) is 2.79. The first-order chi connectivity index (χ1) is 13.1. The van der Waals surface area contributed by atoms with Gasteiger partial charge in [-0.05, 0) is 31.0 Å². The number of methoxy groups -OCH3 is 2. The molecule has 2 aromatic rings. The summed E-state index contributed by atoms with van der Waals surface area (Å²) >= 11 is 0. The number of pyridine rings is 1. The van der Waals surface area contributed by atoms with Gasteiger partial charge < -0.3 is 24.8 Å². The molecule has 0 aliphatic carbocycles. The van der Waals surface area contributed by atoms with Crippen molar-refractivity contribution < 1.29 is 14.2 Å². The number of rotatable bonds is 8. The van der Waals surface area contributed by atoms with Gasteiger partial charge in [-0.25, -0.2) is 4.98 Å². The molecule has 146 valence electrons. The van der Waals surface area contributed by atoms with Crippen molar-refractivity contribution in [3.63, 3.8) is 0 Å². The van der Waals surface area contributed by atoms with Gasteiger partial charge in [0, 0.05) is 31.9 Å². The second-order valence-electron chi connectivity index (χ2n) is 5.98. The lowest BCUT2D eigenvalue weighted by molar-refractivity contribution is 0.342. The maximum atomic E-state index is 5.87. The molecule has 0 aliphatic heterocycles. The van der Waals surface area contributed by atoms with Crippen LogP contribution in [0.25, 0.3) is 0 Å². The molecule has 0 bridgehead atoms. The molecule has 0 spiro atoms. The van der Waals surface area contributed by atoms with E-state index in [1.807, 2.05) is 30.3 Å². The van der Waals surface area contributed by atoms with Crippen molar-refractivity contribution >= 4 is 5.96 Å². The molecule has 1 aromatic carbocycles. The largest absolute Gasteiger partial charge is 0.493 e. The van der Waals surface area contributed by atoms with Crippen molar-refractivity contribution in [3.05, 3.63) is 42.1 Å². The van der Waals surface area contributed by atoms with Crippen LogP contribution in [0.5, 0.6) is 23.1 Å². The van der Waals surface area contributed by atoms with Crippen molar-refractivity contribution in [2.45, 2.75) is 32.9 Å². The fourth-order valence-electron chi connectivity index (χ4n) is 2.31. The lowest BCUT2D eigenvalue weighted by Crippen LogP contribution is -2.41. The summed E-state index contributed by atoms with van der Waals surface area (Å²) in [5.74, 6) is 2.90. The number of aliphatic imine (C=N–C) groups is 1. The van der Waals surface area contributed by atoms with Crippen molar-refractivity contribution in [3.8, 4) is 23.1 Å². The van der Waals surface area contributed by atoms with Crippen LogP contribution in [-0.2, 0) is 6.54 Å². The molecule has 0 amide bonds. The molecule has 7 nitrogen and oxygen atoms in total. The number of ether oxygens (including phenoxy) is 3. The number of hydrogen-bond acceptors (Lipinski definition) is 5. The van der Waals surface area contributed by atoms with E-state index in [0.717, 1.165) is 17.9 Å². The van der Waals surface area contributed by atoms with E-state index in [1.54, 1.807) is 27.5 Å². The molecule has 2 rings (SSSR count). The quantitative estimate of drug-likeness (QED) is 0.547. The van der Waals surface area contributed by atoms with E-state index in [0.29, 0.717) is 35.7 Å². The Morgan fingerprint density at radius 2 is 1.85 bits per heavy atom.